The number of ether oxygens (including phenoxy) is 1. The summed E-state index contributed by atoms with van der Waals surface area (Å²) in [6, 6.07) is 8.11. The van der Waals surface area contributed by atoms with Crippen LogP contribution in [-0.2, 0) is 17.6 Å². The van der Waals surface area contributed by atoms with Gasteiger partial charge in [-0.05, 0) is 43.0 Å². The summed E-state index contributed by atoms with van der Waals surface area (Å²) in [5.74, 6) is 0.519. The number of aromatic nitrogens is 1. The number of hydrogen-bond acceptors (Lipinski definition) is 4. The number of halogens is 1. The van der Waals surface area contributed by atoms with E-state index in [1.165, 1.54) is 11.3 Å². The Morgan fingerprint density at radius 2 is 2.10 bits per heavy atom. The Bertz CT molecular complexity index is 502. The predicted octanol–water partition coefficient (Wildman–Crippen LogP) is 3.43. The molecule has 1 atom stereocenters. The lowest BCUT2D eigenvalue weighted by Gasteiger charge is -2.17. The average molecular weight is 325 g/mol. The van der Waals surface area contributed by atoms with Gasteiger partial charge in [-0.1, -0.05) is 23.7 Å². The standard InChI is InChI=1S/C16H21ClN2OS/c1-20-7-6-18-10-14(9-16-11-21-12-19-16)8-13-2-4-15(17)5-3-13/h2-5,11-12,14,18H,6-10H2,1H3. The van der Waals surface area contributed by atoms with E-state index in [-0.39, 0.29) is 0 Å². The molecule has 114 valence electrons. The third-order valence-electron chi connectivity index (χ3n) is 3.33. The zero-order chi connectivity index (χ0) is 14.9. The number of methoxy groups -OCH3 is 1. The smallest absolute Gasteiger partial charge is 0.0794 e. The summed E-state index contributed by atoms with van der Waals surface area (Å²) in [6.07, 6.45) is 2.01. The summed E-state index contributed by atoms with van der Waals surface area (Å²) in [4.78, 5) is 4.40. The van der Waals surface area contributed by atoms with Gasteiger partial charge in [0.05, 0.1) is 17.8 Å². The van der Waals surface area contributed by atoms with Crippen molar-refractivity contribution in [3.05, 3.63) is 51.4 Å². The summed E-state index contributed by atoms with van der Waals surface area (Å²) in [7, 11) is 1.72. The molecule has 21 heavy (non-hydrogen) atoms. The quantitative estimate of drug-likeness (QED) is 0.718. The van der Waals surface area contributed by atoms with Crippen LogP contribution in [0.15, 0.2) is 35.2 Å². The van der Waals surface area contributed by atoms with E-state index in [1.807, 2.05) is 17.6 Å². The molecule has 1 unspecified atom stereocenters. The van der Waals surface area contributed by atoms with Crippen molar-refractivity contribution >= 4 is 22.9 Å². The lowest BCUT2D eigenvalue weighted by Crippen LogP contribution is -2.28. The average Bonchev–Trinajstić information content (AvgIpc) is 2.99. The second-order valence-corrected chi connectivity index (χ2v) is 6.23. The van der Waals surface area contributed by atoms with Crippen molar-refractivity contribution in [2.24, 2.45) is 5.92 Å². The number of rotatable bonds is 9. The van der Waals surface area contributed by atoms with Gasteiger partial charge in [-0.15, -0.1) is 11.3 Å². The fraction of sp³-hybridized carbons (Fsp3) is 0.438. The van der Waals surface area contributed by atoms with Gasteiger partial charge in [0.2, 0.25) is 0 Å². The van der Waals surface area contributed by atoms with Gasteiger partial charge >= 0.3 is 0 Å². The molecule has 2 rings (SSSR count). The van der Waals surface area contributed by atoms with Crippen LogP contribution in [0.2, 0.25) is 5.02 Å². The van der Waals surface area contributed by atoms with Crippen molar-refractivity contribution in [1.29, 1.82) is 0 Å². The molecule has 0 spiro atoms. The number of nitrogens with zero attached hydrogens (tertiary/aromatic N) is 1. The largest absolute Gasteiger partial charge is 0.383 e. The number of hydrogen-bond donors (Lipinski definition) is 1. The summed E-state index contributed by atoms with van der Waals surface area (Å²) in [5, 5.41) is 6.37. The molecule has 1 aromatic heterocycles. The third-order valence-corrected chi connectivity index (χ3v) is 4.22. The molecule has 0 radical (unpaired) electrons. The molecule has 0 aliphatic rings. The van der Waals surface area contributed by atoms with Crippen LogP contribution in [0, 0.1) is 5.92 Å². The maximum Gasteiger partial charge on any atom is 0.0794 e. The topological polar surface area (TPSA) is 34.1 Å². The highest BCUT2D eigenvalue weighted by atomic mass is 35.5. The van der Waals surface area contributed by atoms with E-state index >= 15 is 0 Å². The summed E-state index contributed by atoms with van der Waals surface area (Å²) >= 11 is 7.60. The Kier molecular flexibility index (Phi) is 7.16. The number of nitrogens with one attached hydrogen (secondary N) is 1. The summed E-state index contributed by atoms with van der Waals surface area (Å²) in [5.41, 5.74) is 4.38. The van der Waals surface area contributed by atoms with E-state index in [2.05, 4.69) is 27.8 Å². The molecular weight excluding hydrogens is 304 g/mol. The molecule has 1 aromatic carbocycles. The molecule has 1 heterocycles. The van der Waals surface area contributed by atoms with Crippen molar-refractivity contribution < 1.29 is 4.74 Å². The first-order chi connectivity index (χ1) is 10.3. The molecule has 5 heteroatoms. The fourth-order valence-electron chi connectivity index (χ4n) is 2.28. The Morgan fingerprint density at radius 1 is 1.29 bits per heavy atom. The van der Waals surface area contributed by atoms with Crippen molar-refractivity contribution in [3.8, 4) is 0 Å². The zero-order valence-corrected chi connectivity index (χ0v) is 13.8. The molecule has 2 aromatic rings. The SMILES string of the molecule is COCCNCC(Cc1ccc(Cl)cc1)Cc1cscn1. The van der Waals surface area contributed by atoms with Crippen molar-refractivity contribution in [1.82, 2.24) is 10.3 Å². The Balaban J connectivity index is 1.91. The van der Waals surface area contributed by atoms with Crippen LogP contribution in [0.5, 0.6) is 0 Å². The monoisotopic (exact) mass is 324 g/mol. The first-order valence-electron chi connectivity index (χ1n) is 7.09. The molecule has 0 fully saturated rings. The first-order valence-corrected chi connectivity index (χ1v) is 8.41. The van der Waals surface area contributed by atoms with E-state index in [0.29, 0.717) is 5.92 Å². The van der Waals surface area contributed by atoms with Crippen LogP contribution in [0.3, 0.4) is 0 Å². The van der Waals surface area contributed by atoms with Gasteiger partial charge in [0.25, 0.3) is 0 Å². The predicted molar refractivity (Wildman–Crippen MR) is 89.2 cm³/mol. The highest BCUT2D eigenvalue weighted by Crippen LogP contribution is 2.17. The van der Waals surface area contributed by atoms with Gasteiger partial charge in [-0.2, -0.15) is 0 Å². The lowest BCUT2D eigenvalue weighted by molar-refractivity contribution is 0.197. The molecule has 0 amide bonds. The molecule has 0 bridgehead atoms. The van der Waals surface area contributed by atoms with Crippen LogP contribution in [0.4, 0.5) is 0 Å². The van der Waals surface area contributed by atoms with Crippen LogP contribution >= 0.6 is 22.9 Å². The minimum atomic E-state index is 0.519. The Morgan fingerprint density at radius 3 is 2.76 bits per heavy atom. The Labute approximate surface area is 135 Å². The van der Waals surface area contributed by atoms with Gasteiger partial charge in [0.1, 0.15) is 0 Å². The highest BCUT2D eigenvalue weighted by Gasteiger charge is 2.12. The molecule has 0 saturated carbocycles. The van der Waals surface area contributed by atoms with E-state index in [0.717, 1.165) is 37.6 Å². The van der Waals surface area contributed by atoms with Crippen LogP contribution in [-0.4, -0.2) is 31.8 Å². The fourth-order valence-corrected chi connectivity index (χ4v) is 2.98. The van der Waals surface area contributed by atoms with Crippen molar-refractivity contribution in [2.75, 3.05) is 26.8 Å². The van der Waals surface area contributed by atoms with Crippen LogP contribution in [0.1, 0.15) is 11.3 Å². The second-order valence-electron chi connectivity index (χ2n) is 5.08. The first kappa shape index (κ1) is 16.4. The van der Waals surface area contributed by atoms with Gasteiger partial charge < -0.3 is 10.1 Å². The normalized spacial score (nSPS) is 12.5. The molecule has 1 N–H and O–H groups in total. The minimum Gasteiger partial charge on any atom is -0.383 e. The van der Waals surface area contributed by atoms with Gasteiger partial charge in [-0.25, -0.2) is 4.98 Å². The summed E-state index contributed by atoms with van der Waals surface area (Å²) < 4.78 is 5.07. The highest BCUT2D eigenvalue weighted by molar-refractivity contribution is 7.07. The lowest BCUT2D eigenvalue weighted by atomic mass is 9.95. The maximum atomic E-state index is 5.95. The molecule has 0 saturated heterocycles. The van der Waals surface area contributed by atoms with Gasteiger partial charge in [0, 0.05) is 24.1 Å². The van der Waals surface area contributed by atoms with Gasteiger partial charge in [-0.3, -0.25) is 0 Å². The second kappa shape index (κ2) is 9.15. The molecule has 0 aliphatic carbocycles. The van der Waals surface area contributed by atoms with E-state index < -0.39 is 0 Å². The molecular formula is C16H21ClN2OS. The zero-order valence-electron chi connectivity index (χ0n) is 12.2. The van der Waals surface area contributed by atoms with Crippen molar-refractivity contribution in [3.63, 3.8) is 0 Å². The van der Waals surface area contributed by atoms with Crippen molar-refractivity contribution in [2.45, 2.75) is 12.8 Å². The minimum absolute atomic E-state index is 0.519. The molecule has 0 aliphatic heterocycles. The van der Waals surface area contributed by atoms with Gasteiger partial charge in [0.15, 0.2) is 0 Å². The summed E-state index contributed by atoms with van der Waals surface area (Å²) in [6.45, 7) is 2.58. The van der Waals surface area contributed by atoms with E-state index in [9.17, 15) is 0 Å². The number of benzene rings is 1. The molecule has 3 nitrogen and oxygen atoms in total. The third kappa shape index (κ3) is 6.14. The maximum absolute atomic E-state index is 5.95. The van der Waals surface area contributed by atoms with Crippen LogP contribution in [0.25, 0.3) is 0 Å². The van der Waals surface area contributed by atoms with Crippen LogP contribution < -0.4 is 5.32 Å². The van der Waals surface area contributed by atoms with E-state index in [1.54, 1.807) is 18.4 Å². The number of thiazole rings is 1. The van der Waals surface area contributed by atoms with E-state index in [4.69, 9.17) is 16.3 Å². The Hall–Kier alpha value is -0.940.